The standard InChI is InChI=1S/C32H39N5O2/c1-23-15-16-34-32-30(23)35-31(37(32)18-7-19-39-2)27-10-6-17-36(22-27)29(38)21-28(33)20-24-11-13-26(14-12-24)25-8-4-3-5-9-25/h3-5,8-9,11-16,27-28H,6-7,10,17-22,33H2,1-2H3. The highest BCUT2D eigenvalue weighted by atomic mass is 16.5. The van der Waals surface area contributed by atoms with Crippen LogP contribution in [0.15, 0.2) is 66.9 Å². The van der Waals surface area contributed by atoms with Gasteiger partial charge in [0.15, 0.2) is 5.65 Å². The van der Waals surface area contributed by atoms with Gasteiger partial charge in [-0.15, -0.1) is 0 Å². The fourth-order valence-electron chi connectivity index (χ4n) is 5.66. The first-order valence-electron chi connectivity index (χ1n) is 14.0. The Bertz CT molecular complexity index is 1380. The third kappa shape index (κ3) is 6.37. The van der Waals surface area contributed by atoms with Crippen LogP contribution in [0.5, 0.6) is 0 Å². The van der Waals surface area contributed by atoms with Gasteiger partial charge >= 0.3 is 0 Å². The minimum atomic E-state index is -0.217. The van der Waals surface area contributed by atoms with Gasteiger partial charge in [0, 0.05) is 57.9 Å². The van der Waals surface area contributed by atoms with Gasteiger partial charge in [0.1, 0.15) is 11.3 Å². The van der Waals surface area contributed by atoms with Crippen LogP contribution in [-0.4, -0.2) is 58.2 Å². The fourth-order valence-corrected chi connectivity index (χ4v) is 5.66. The number of ether oxygens (including phenoxy) is 1. The van der Waals surface area contributed by atoms with Crippen LogP contribution in [0.2, 0.25) is 0 Å². The Morgan fingerprint density at radius 3 is 2.64 bits per heavy atom. The van der Waals surface area contributed by atoms with E-state index in [0.29, 0.717) is 26.0 Å². The smallest absolute Gasteiger partial charge is 0.224 e. The molecule has 39 heavy (non-hydrogen) atoms. The lowest BCUT2D eigenvalue weighted by Gasteiger charge is -2.33. The van der Waals surface area contributed by atoms with Crippen LogP contribution in [-0.2, 0) is 22.5 Å². The summed E-state index contributed by atoms with van der Waals surface area (Å²) in [5, 5.41) is 0. The first-order valence-corrected chi connectivity index (χ1v) is 14.0. The molecule has 2 atom stereocenters. The molecule has 7 nitrogen and oxygen atoms in total. The van der Waals surface area contributed by atoms with Gasteiger partial charge in [0.05, 0.1) is 0 Å². The molecule has 2 unspecified atom stereocenters. The van der Waals surface area contributed by atoms with E-state index in [1.807, 2.05) is 35.4 Å². The van der Waals surface area contributed by atoms with Crippen LogP contribution in [0.1, 0.15) is 48.6 Å². The van der Waals surface area contributed by atoms with Crippen LogP contribution >= 0.6 is 0 Å². The number of hydrogen-bond donors (Lipinski definition) is 1. The molecule has 0 saturated carbocycles. The van der Waals surface area contributed by atoms with Crippen molar-refractivity contribution in [3.8, 4) is 11.1 Å². The number of piperidine rings is 1. The molecule has 2 aromatic carbocycles. The number of carbonyl (C=O) groups is 1. The Labute approximate surface area is 231 Å². The highest BCUT2D eigenvalue weighted by molar-refractivity contribution is 5.77. The van der Waals surface area contributed by atoms with E-state index in [2.05, 4.69) is 52.9 Å². The van der Waals surface area contributed by atoms with Gasteiger partial charge in [-0.1, -0.05) is 54.6 Å². The molecule has 204 valence electrons. The van der Waals surface area contributed by atoms with Gasteiger partial charge < -0.3 is 19.9 Å². The summed E-state index contributed by atoms with van der Waals surface area (Å²) in [6.45, 7) is 5.01. The summed E-state index contributed by atoms with van der Waals surface area (Å²) >= 11 is 0. The molecule has 1 aliphatic rings. The minimum absolute atomic E-state index is 0.129. The van der Waals surface area contributed by atoms with Crippen LogP contribution in [0.4, 0.5) is 0 Å². The average Bonchev–Trinajstić information content (AvgIpc) is 3.34. The number of carbonyl (C=O) groups excluding carboxylic acids is 1. The summed E-state index contributed by atoms with van der Waals surface area (Å²) in [7, 11) is 1.73. The van der Waals surface area contributed by atoms with Crippen molar-refractivity contribution in [2.24, 2.45) is 5.73 Å². The van der Waals surface area contributed by atoms with Crippen LogP contribution in [0, 0.1) is 6.92 Å². The van der Waals surface area contributed by atoms with Crippen LogP contribution in [0.25, 0.3) is 22.3 Å². The molecule has 0 bridgehead atoms. The molecular formula is C32H39N5O2. The number of likely N-dealkylation sites (tertiary alicyclic amines) is 1. The largest absolute Gasteiger partial charge is 0.385 e. The third-order valence-electron chi connectivity index (χ3n) is 7.73. The van der Waals surface area contributed by atoms with Gasteiger partial charge in [-0.05, 0) is 60.9 Å². The first-order chi connectivity index (χ1) is 19.0. The zero-order chi connectivity index (χ0) is 27.2. The number of nitrogens with zero attached hydrogens (tertiary/aromatic N) is 4. The number of imidazole rings is 1. The number of fused-ring (bicyclic) bond motifs is 1. The predicted molar refractivity (Wildman–Crippen MR) is 155 cm³/mol. The SMILES string of the molecule is COCCCn1c(C2CCCN(C(=O)CC(N)Cc3ccc(-c4ccccc4)cc3)C2)nc2c(C)ccnc21. The van der Waals surface area contributed by atoms with E-state index in [1.165, 1.54) is 11.1 Å². The normalized spacial score (nSPS) is 16.5. The Morgan fingerprint density at radius 2 is 1.87 bits per heavy atom. The van der Waals surface area contributed by atoms with Gasteiger partial charge in [-0.25, -0.2) is 9.97 Å². The van der Waals surface area contributed by atoms with Crippen molar-refractivity contribution in [3.05, 3.63) is 83.8 Å². The van der Waals surface area contributed by atoms with Crippen molar-refractivity contribution < 1.29 is 9.53 Å². The van der Waals surface area contributed by atoms with Gasteiger partial charge in [-0.2, -0.15) is 0 Å². The monoisotopic (exact) mass is 525 g/mol. The number of aryl methyl sites for hydroxylation is 2. The second-order valence-corrected chi connectivity index (χ2v) is 10.7. The molecule has 2 aromatic heterocycles. The molecule has 0 spiro atoms. The maximum Gasteiger partial charge on any atom is 0.224 e. The van der Waals surface area contributed by atoms with E-state index in [9.17, 15) is 4.79 Å². The van der Waals surface area contributed by atoms with E-state index in [0.717, 1.165) is 60.5 Å². The van der Waals surface area contributed by atoms with E-state index >= 15 is 0 Å². The van der Waals surface area contributed by atoms with Crippen molar-refractivity contribution in [3.63, 3.8) is 0 Å². The number of hydrogen-bond acceptors (Lipinski definition) is 5. The molecular weight excluding hydrogens is 486 g/mol. The summed E-state index contributed by atoms with van der Waals surface area (Å²) in [4.78, 5) is 25.0. The Balaban J connectivity index is 1.23. The number of aromatic nitrogens is 3. The van der Waals surface area contributed by atoms with Crippen molar-refractivity contribution >= 4 is 17.1 Å². The van der Waals surface area contributed by atoms with E-state index in [4.69, 9.17) is 15.5 Å². The topological polar surface area (TPSA) is 86.3 Å². The number of nitrogens with two attached hydrogens (primary N) is 1. The lowest BCUT2D eigenvalue weighted by molar-refractivity contribution is -0.132. The molecule has 0 radical (unpaired) electrons. The van der Waals surface area contributed by atoms with Crippen LogP contribution < -0.4 is 5.73 Å². The highest BCUT2D eigenvalue weighted by Crippen LogP contribution is 2.30. The molecule has 7 heteroatoms. The van der Waals surface area contributed by atoms with Gasteiger partial charge in [-0.3, -0.25) is 4.79 Å². The molecule has 5 rings (SSSR count). The van der Waals surface area contributed by atoms with Gasteiger partial charge in [0.25, 0.3) is 0 Å². The summed E-state index contributed by atoms with van der Waals surface area (Å²) in [6, 6.07) is 20.6. The molecule has 3 heterocycles. The number of amides is 1. The fraction of sp³-hybridized carbons (Fsp3) is 0.406. The predicted octanol–water partition coefficient (Wildman–Crippen LogP) is 5.11. The zero-order valence-electron chi connectivity index (χ0n) is 23.1. The molecule has 0 aliphatic carbocycles. The quantitative estimate of drug-likeness (QED) is 0.291. The molecule has 1 fully saturated rings. The number of pyridine rings is 1. The average molecular weight is 526 g/mol. The zero-order valence-corrected chi connectivity index (χ0v) is 23.1. The third-order valence-corrected chi connectivity index (χ3v) is 7.73. The van der Waals surface area contributed by atoms with Crippen molar-refractivity contribution in [2.45, 2.75) is 57.5 Å². The molecule has 1 aliphatic heterocycles. The van der Waals surface area contributed by atoms with E-state index in [1.54, 1.807) is 7.11 Å². The number of methoxy groups -OCH3 is 1. The second-order valence-electron chi connectivity index (χ2n) is 10.7. The van der Waals surface area contributed by atoms with Gasteiger partial charge in [0.2, 0.25) is 5.91 Å². The summed E-state index contributed by atoms with van der Waals surface area (Å²) in [5.41, 5.74) is 13.0. The number of rotatable bonds is 10. The highest BCUT2D eigenvalue weighted by Gasteiger charge is 2.29. The van der Waals surface area contributed by atoms with E-state index in [-0.39, 0.29) is 17.9 Å². The second kappa shape index (κ2) is 12.5. The summed E-state index contributed by atoms with van der Waals surface area (Å²) in [5.74, 6) is 1.34. The van der Waals surface area contributed by atoms with Crippen molar-refractivity contribution in [1.29, 1.82) is 0 Å². The summed E-state index contributed by atoms with van der Waals surface area (Å²) < 4.78 is 7.54. The van der Waals surface area contributed by atoms with Crippen LogP contribution in [0.3, 0.4) is 0 Å². The molecule has 4 aromatic rings. The van der Waals surface area contributed by atoms with Crippen molar-refractivity contribution in [2.75, 3.05) is 26.8 Å². The number of benzene rings is 2. The molecule has 1 saturated heterocycles. The first kappa shape index (κ1) is 27.0. The Kier molecular flexibility index (Phi) is 8.69. The van der Waals surface area contributed by atoms with E-state index < -0.39 is 0 Å². The lowest BCUT2D eigenvalue weighted by atomic mass is 9.95. The Morgan fingerprint density at radius 1 is 1.10 bits per heavy atom. The lowest BCUT2D eigenvalue weighted by Crippen LogP contribution is -2.42. The summed E-state index contributed by atoms with van der Waals surface area (Å²) in [6.07, 6.45) is 5.73. The maximum atomic E-state index is 13.3. The maximum absolute atomic E-state index is 13.3. The molecule has 1 amide bonds. The minimum Gasteiger partial charge on any atom is -0.385 e. The molecule has 2 N–H and O–H groups in total. The Hall–Kier alpha value is -3.55. The van der Waals surface area contributed by atoms with Crippen molar-refractivity contribution in [1.82, 2.24) is 19.4 Å².